The summed E-state index contributed by atoms with van der Waals surface area (Å²) in [5, 5.41) is 3.23. The molecule has 0 bridgehead atoms. The van der Waals surface area contributed by atoms with E-state index in [-0.39, 0.29) is 40.5 Å². The smallest absolute Gasteiger partial charge is 0.264 e. The molecule has 9 heteroatoms. The van der Waals surface area contributed by atoms with Crippen LogP contribution >= 0.6 is 11.6 Å². The number of carbonyl (C=O) groups is 2. The van der Waals surface area contributed by atoms with Crippen LogP contribution in [-0.2, 0) is 32.6 Å². The van der Waals surface area contributed by atoms with Crippen LogP contribution < -0.4 is 9.62 Å². The van der Waals surface area contributed by atoms with E-state index in [9.17, 15) is 18.0 Å². The molecule has 45 heavy (non-hydrogen) atoms. The highest BCUT2D eigenvalue weighted by molar-refractivity contribution is 7.92. The van der Waals surface area contributed by atoms with Crippen molar-refractivity contribution in [3.05, 3.63) is 130 Å². The molecule has 0 spiro atoms. The normalized spacial score (nSPS) is 12.6. The van der Waals surface area contributed by atoms with E-state index in [1.165, 1.54) is 17.0 Å². The van der Waals surface area contributed by atoms with Crippen molar-refractivity contribution >= 4 is 39.1 Å². The molecule has 4 aromatic carbocycles. The molecule has 0 aliphatic rings. The Labute approximate surface area is 271 Å². The third-order valence-electron chi connectivity index (χ3n) is 7.72. The number of amides is 2. The molecule has 0 fully saturated rings. The number of para-hydroxylation sites is 1. The zero-order valence-corrected chi connectivity index (χ0v) is 27.7. The Morgan fingerprint density at radius 2 is 1.47 bits per heavy atom. The maximum atomic E-state index is 14.5. The monoisotopic (exact) mass is 645 g/mol. The zero-order chi connectivity index (χ0) is 32.6. The molecule has 1 N–H and O–H groups in total. The van der Waals surface area contributed by atoms with Gasteiger partial charge in [0.1, 0.15) is 12.6 Å². The maximum absolute atomic E-state index is 14.5. The highest BCUT2D eigenvalue weighted by atomic mass is 35.5. The number of hydrogen-bond acceptors (Lipinski definition) is 4. The van der Waals surface area contributed by atoms with Crippen LogP contribution in [0.5, 0.6) is 0 Å². The van der Waals surface area contributed by atoms with E-state index in [0.29, 0.717) is 6.42 Å². The van der Waals surface area contributed by atoms with Gasteiger partial charge >= 0.3 is 0 Å². The molecule has 2 unspecified atom stereocenters. The molecule has 0 saturated heterocycles. The number of aryl methyl sites for hydroxylation is 2. The minimum atomic E-state index is -4.23. The molecular weight excluding hydrogens is 606 g/mol. The largest absolute Gasteiger partial charge is 0.352 e. The first-order valence-corrected chi connectivity index (χ1v) is 16.8. The fraction of sp³-hybridized carbons (Fsp3) is 0.278. The number of rotatable bonds is 13. The summed E-state index contributed by atoms with van der Waals surface area (Å²) in [4.78, 5) is 30.0. The molecule has 0 radical (unpaired) electrons. The lowest BCUT2D eigenvalue weighted by atomic mass is 10.0. The molecular formula is C36H40ClN3O4S. The fourth-order valence-corrected chi connectivity index (χ4v) is 6.73. The third-order valence-corrected chi connectivity index (χ3v) is 9.81. The van der Waals surface area contributed by atoms with Crippen molar-refractivity contribution in [2.24, 2.45) is 0 Å². The molecule has 236 valence electrons. The number of hydrogen-bond donors (Lipinski definition) is 1. The van der Waals surface area contributed by atoms with Crippen molar-refractivity contribution in [3.8, 4) is 0 Å². The van der Waals surface area contributed by atoms with Gasteiger partial charge in [0.2, 0.25) is 11.8 Å². The van der Waals surface area contributed by atoms with Gasteiger partial charge in [-0.1, -0.05) is 109 Å². The van der Waals surface area contributed by atoms with Gasteiger partial charge in [0, 0.05) is 19.0 Å². The van der Waals surface area contributed by atoms with Crippen molar-refractivity contribution in [2.75, 3.05) is 10.8 Å². The second-order valence-electron chi connectivity index (χ2n) is 11.3. The average molecular weight is 646 g/mol. The molecule has 0 saturated carbocycles. The zero-order valence-electron chi connectivity index (χ0n) is 26.1. The average Bonchev–Trinajstić information content (AvgIpc) is 3.02. The van der Waals surface area contributed by atoms with Crippen LogP contribution in [0.4, 0.5) is 5.69 Å². The van der Waals surface area contributed by atoms with E-state index < -0.39 is 28.5 Å². The predicted molar refractivity (Wildman–Crippen MR) is 181 cm³/mol. The molecule has 0 aliphatic carbocycles. The first kappa shape index (κ1) is 33.7. The second-order valence-corrected chi connectivity index (χ2v) is 13.6. The Morgan fingerprint density at radius 3 is 2.11 bits per heavy atom. The minimum Gasteiger partial charge on any atom is -0.352 e. The summed E-state index contributed by atoms with van der Waals surface area (Å²) in [5.74, 6) is -0.841. The van der Waals surface area contributed by atoms with Crippen molar-refractivity contribution < 1.29 is 18.0 Å². The first-order chi connectivity index (χ1) is 21.5. The molecule has 4 aromatic rings. The first-order valence-electron chi connectivity index (χ1n) is 15.0. The Hall–Kier alpha value is -4.14. The van der Waals surface area contributed by atoms with Gasteiger partial charge in [-0.3, -0.25) is 13.9 Å². The number of sulfonamides is 1. The lowest BCUT2D eigenvalue weighted by molar-refractivity contribution is -0.140. The van der Waals surface area contributed by atoms with E-state index in [0.717, 1.165) is 26.6 Å². The van der Waals surface area contributed by atoms with Crippen molar-refractivity contribution in [2.45, 2.75) is 64.1 Å². The quantitative estimate of drug-likeness (QED) is 0.175. The van der Waals surface area contributed by atoms with Crippen LogP contribution in [0.25, 0.3) is 0 Å². The van der Waals surface area contributed by atoms with E-state index in [4.69, 9.17) is 11.6 Å². The number of benzene rings is 4. The summed E-state index contributed by atoms with van der Waals surface area (Å²) in [7, 11) is -4.23. The molecule has 0 aliphatic heterocycles. The summed E-state index contributed by atoms with van der Waals surface area (Å²) in [5.41, 5.74) is 3.77. The Bertz CT molecular complexity index is 1710. The predicted octanol–water partition coefficient (Wildman–Crippen LogP) is 6.71. The van der Waals surface area contributed by atoms with Gasteiger partial charge in [0.25, 0.3) is 10.0 Å². The lowest BCUT2D eigenvalue weighted by Gasteiger charge is -2.34. The number of halogens is 1. The van der Waals surface area contributed by atoms with Crippen LogP contribution in [-0.4, -0.2) is 43.8 Å². The summed E-state index contributed by atoms with van der Waals surface area (Å²) in [6.07, 6.45) is 0.960. The van der Waals surface area contributed by atoms with Crippen LogP contribution in [0.2, 0.25) is 5.02 Å². The molecule has 7 nitrogen and oxygen atoms in total. The minimum absolute atomic E-state index is 0.0291. The van der Waals surface area contributed by atoms with Gasteiger partial charge in [-0.05, 0) is 62.6 Å². The molecule has 0 heterocycles. The SMILES string of the molecule is CCC(C)NC(=O)C(Cc1ccccc1)N(Cc1cccc(C)c1)C(=O)CN(c1ccccc1Cl)S(=O)(=O)c1ccc(C)cc1. The number of nitrogens with one attached hydrogen (secondary N) is 1. The van der Waals surface area contributed by atoms with Gasteiger partial charge in [0.15, 0.2) is 0 Å². The molecule has 0 aromatic heterocycles. The van der Waals surface area contributed by atoms with Crippen LogP contribution in [0, 0.1) is 13.8 Å². The van der Waals surface area contributed by atoms with Gasteiger partial charge in [0.05, 0.1) is 15.6 Å². The third kappa shape index (κ3) is 8.74. The molecule has 4 rings (SSSR count). The highest BCUT2D eigenvalue weighted by Crippen LogP contribution is 2.31. The van der Waals surface area contributed by atoms with E-state index >= 15 is 0 Å². The number of carbonyl (C=O) groups excluding carboxylic acids is 2. The van der Waals surface area contributed by atoms with E-state index in [1.54, 1.807) is 36.4 Å². The summed E-state index contributed by atoms with van der Waals surface area (Å²) >= 11 is 6.55. The number of nitrogens with zero attached hydrogens (tertiary/aromatic N) is 2. The topological polar surface area (TPSA) is 86.8 Å². The Balaban J connectivity index is 1.82. The highest BCUT2D eigenvalue weighted by Gasteiger charge is 2.35. The lowest BCUT2D eigenvalue weighted by Crippen LogP contribution is -2.54. The van der Waals surface area contributed by atoms with E-state index in [2.05, 4.69) is 5.32 Å². The van der Waals surface area contributed by atoms with Gasteiger partial charge in [-0.15, -0.1) is 0 Å². The van der Waals surface area contributed by atoms with Gasteiger partial charge in [-0.25, -0.2) is 8.42 Å². The standard InChI is InChI=1S/C36H40ClN3O4S/c1-5-28(4)38-36(42)34(23-29-13-7-6-8-14-29)39(24-30-15-11-12-27(3)22-30)35(41)25-40(33-17-10-9-16-32(33)37)45(43,44)31-20-18-26(2)19-21-31/h6-22,28,34H,5,23-25H2,1-4H3,(H,38,42). The molecule has 2 atom stereocenters. The van der Waals surface area contributed by atoms with Gasteiger partial charge in [-0.2, -0.15) is 0 Å². The van der Waals surface area contributed by atoms with Crippen LogP contribution in [0.15, 0.2) is 108 Å². The van der Waals surface area contributed by atoms with Crippen molar-refractivity contribution in [1.29, 1.82) is 0 Å². The maximum Gasteiger partial charge on any atom is 0.264 e. The molecule has 2 amide bonds. The van der Waals surface area contributed by atoms with Gasteiger partial charge < -0.3 is 10.2 Å². The van der Waals surface area contributed by atoms with Crippen molar-refractivity contribution in [3.63, 3.8) is 0 Å². The van der Waals surface area contributed by atoms with E-state index in [1.807, 2.05) is 82.3 Å². The Kier molecular flexibility index (Phi) is 11.4. The summed E-state index contributed by atoms with van der Waals surface area (Å²) < 4.78 is 29.3. The summed E-state index contributed by atoms with van der Waals surface area (Å²) in [6, 6.07) is 29.2. The summed E-state index contributed by atoms with van der Waals surface area (Å²) in [6.45, 7) is 7.26. The number of anilines is 1. The van der Waals surface area contributed by atoms with Crippen LogP contribution in [0.1, 0.15) is 42.5 Å². The van der Waals surface area contributed by atoms with Crippen LogP contribution in [0.3, 0.4) is 0 Å². The van der Waals surface area contributed by atoms with Crippen molar-refractivity contribution in [1.82, 2.24) is 10.2 Å². The Morgan fingerprint density at radius 1 is 0.822 bits per heavy atom. The second kappa shape index (κ2) is 15.2. The fourth-order valence-electron chi connectivity index (χ4n) is 5.01.